The van der Waals surface area contributed by atoms with Crippen LogP contribution in [0.4, 0.5) is 5.95 Å². The molecule has 0 radical (unpaired) electrons. The number of benzene rings is 1. The van der Waals surface area contributed by atoms with Crippen LogP contribution in [-0.2, 0) is 11.3 Å². The summed E-state index contributed by atoms with van der Waals surface area (Å²) >= 11 is 0. The van der Waals surface area contributed by atoms with Gasteiger partial charge in [0.1, 0.15) is 5.75 Å². The minimum absolute atomic E-state index is 0.137. The zero-order valence-electron chi connectivity index (χ0n) is 13.0. The van der Waals surface area contributed by atoms with Crippen molar-refractivity contribution in [2.75, 3.05) is 19.5 Å². The van der Waals surface area contributed by atoms with Crippen LogP contribution in [0.3, 0.4) is 0 Å². The molecule has 22 heavy (non-hydrogen) atoms. The molecule has 116 valence electrons. The highest BCUT2D eigenvalue weighted by Gasteiger charge is 2.19. The number of nitrogens with zero attached hydrogens (tertiary/aromatic N) is 3. The molecule has 1 aromatic heterocycles. The Labute approximate surface area is 130 Å². The molecule has 0 bridgehead atoms. The first kappa shape index (κ1) is 15.9. The Morgan fingerprint density at radius 2 is 1.91 bits per heavy atom. The average Bonchev–Trinajstić information content (AvgIpc) is 2.55. The molecule has 1 N–H and O–H groups in total. The number of hydrogen-bond donors (Lipinski definition) is 1. The van der Waals surface area contributed by atoms with E-state index in [1.54, 1.807) is 25.6 Å². The van der Waals surface area contributed by atoms with Crippen LogP contribution in [0.15, 0.2) is 42.7 Å². The third-order valence-corrected chi connectivity index (χ3v) is 3.43. The number of likely N-dealkylation sites (N-methyl/N-ethyl adjacent to an activating group) is 1. The fourth-order valence-electron chi connectivity index (χ4n) is 1.93. The maximum Gasteiger partial charge on any atom is 0.243 e. The van der Waals surface area contributed by atoms with E-state index in [0.29, 0.717) is 12.5 Å². The molecule has 1 aromatic carbocycles. The number of rotatable bonds is 6. The van der Waals surface area contributed by atoms with Crippen molar-refractivity contribution in [1.82, 2.24) is 14.9 Å². The van der Waals surface area contributed by atoms with E-state index in [1.807, 2.05) is 43.1 Å². The lowest BCUT2D eigenvalue weighted by molar-refractivity contribution is -0.120. The van der Waals surface area contributed by atoms with E-state index in [2.05, 4.69) is 15.3 Å². The first-order valence-electron chi connectivity index (χ1n) is 7.01. The summed E-state index contributed by atoms with van der Waals surface area (Å²) in [6, 6.07) is 9.19. The lowest BCUT2D eigenvalue weighted by Crippen LogP contribution is -2.39. The Balaban J connectivity index is 1.92. The number of ether oxygens (including phenoxy) is 1. The molecule has 1 amide bonds. The summed E-state index contributed by atoms with van der Waals surface area (Å²) in [7, 11) is 3.54. The van der Waals surface area contributed by atoms with Crippen molar-refractivity contribution in [1.29, 1.82) is 0 Å². The quantitative estimate of drug-likeness (QED) is 0.883. The number of nitrogens with one attached hydrogen (secondary N) is 1. The van der Waals surface area contributed by atoms with E-state index in [4.69, 9.17) is 4.74 Å². The van der Waals surface area contributed by atoms with Gasteiger partial charge in [-0.2, -0.15) is 0 Å². The summed E-state index contributed by atoms with van der Waals surface area (Å²) < 4.78 is 5.13. The molecule has 2 rings (SSSR count). The average molecular weight is 300 g/mol. The molecule has 0 saturated heterocycles. The molecule has 1 unspecified atom stereocenters. The molecule has 6 nitrogen and oxygen atoms in total. The van der Waals surface area contributed by atoms with Gasteiger partial charge in [0.2, 0.25) is 11.9 Å². The molecule has 6 heteroatoms. The maximum atomic E-state index is 12.2. The van der Waals surface area contributed by atoms with Crippen molar-refractivity contribution >= 4 is 11.9 Å². The number of carbonyl (C=O) groups excluding carboxylic acids is 1. The van der Waals surface area contributed by atoms with Gasteiger partial charge in [-0.15, -0.1) is 0 Å². The Hall–Kier alpha value is -2.47. The van der Waals surface area contributed by atoms with E-state index >= 15 is 0 Å². The van der Waals surface area contributed by atoms with Gasteiger partial charge < -0.3 is 4.74 Å². The monoisotopic (exact) mass is 300 g/mol. The lowest BCUT2D eigenvalue weighted by atomic mass is 10.2. The number of methoxy groups -OCH3 is 1. The summed E-state index contributed by atoms with van der Waals surface area (Å²) in [5, 5.41) is 2.70. The number of hydrogen-bond acceptors (Lipinski definition) is 5. The SMILES string of the molecule is COc1ccc(CN(C)C(C)C(=O)Nc2ncccn2)cc1. The molecular formula is C16H20N4O2. The number of aromatic nitrogens is 2. The topological polar surface area (TPSA) is 67.3 Å². The number of carbonyl (C=O) groups is 1. The third kappa shape index (κ3) is 4.26. The zero-order chi connectivity index (χ0) is 15.9. The molecule has 2 aromatic rings. The van der Waals surface area contributed by atoms with Crippen molar-refractivity contribution in [2.24, 2.45) is 0 Å². The minimum atomic E-state index is -0.300. The van der Waals surface area contributed by atoms with Crippen LogP contribution in [-0.4, -0.2) is 41.0 Å². The van der Waals surface area contributed by atoms with Crippen molar-refractivity contribution < 1.29 is 9.53 Å². The summed E-state index contributed by atoms with van der Waals surface area (Å²) in [6.45, 7) is 2.51. The fraction of sp³-hybridized carbons (Fsp3) is 0.312. The van der Waals surface area contributed by atoms with Gasteiger partial charge in [-0.1, -0.05) is 12.1 Å². The molecule has 0 saturated carbocycles. The first-order valence-corrected chi connectivity index (χ1v) is 7.01. The molecule has 1 atom stereocenters. The molecule has 0 aliphatic rings. The smallest absolute Gasteiger partial charge is 0.243 e. The Bertz CT molecular complexity index is 601. The second kappa shape index (κ2) is 7.51. The van der Waals surface area contributed by atoms with Crippen LogP contribution in [0.1, 0.15) is 12.5 Å². The second-order valence-electron chi connectivity index (χ2n) is 5.00. The van der Waals surface area contributed by atoms with Gasteiger partial charge in [0.25, 0.3) is 0 Å². The Morgan fingerprint density at radius 3 is 2.50 bits per heavy atom. The van der Waals surface area contributed by atoms with Gasteiger partial charge in [0.15, 0.2) is 0 Å². The van der Waals surface area contributed by atoms with E-state index < -0.39 is 0 Å². The zero-order valence-corrected chi connectivity index (χ0v) is 13.0. The van der Waals surface area contributed by atoms with Crippen molar-refractivity contribution in [3.05, 3.63) is 48.3 Å². The van der Waals surface area contributed by atoms with Gasteiger partial charge in [0, 0.05) is 18.9 Å². The van der Waals surface area contributed by atoms with E-state index in [0.717, 1.165) is 11.3 Å². The van der Waals surface area contributed by atoms with Gasteiger partial charge in [-0.05, 0) is 37.7 Å². The summed E-state index contributed by atoms with van der Waals surface area (Å²) in [6.07, 6.45) is 3.18. The number of anilines is 1. The van der Waals surface area contributed by atoms with Crippen LogP contribution in [0, 0.1) is 0 Å². The van der Waals surface area contributed by atoms with Gasteiger partial charge in [-0.25, -0.2) is 9.97 Å². The number of amides is 1. The van der Waals surface area contributed by atoms with Crippen LogP contribution < -0.4 is 10.1 Å². The van der Waals surface area contributed by atoms with Crippen LogP contribution in [0.5, 0.6) is 5.75 Å². The molecule has 0 aliphatic carbocycles. The minimum Gasteiger partial charge on any atom is -0.497 e. The standard InChI is InChI=1S/C16H20N4O2/c1-12(15(21)19-16-17-9-4-10-18-16)20(2)11-13-5-7-14(22-3)8-6-13/h4-10,12H,11H2,1-3H3,(H,17,18,19,21). The largest absolute Gasteiger partial charge is 0.497 e. The van der Waals surface area contributed by atoms with Crippen molar-refractivity contribution in [3.63, 3.8) is 0 Å². The summed E-state index contributed by atoms with van der Waals surface area (Å²) in [5.41, 5.74) is 1.11. The van der Waals surface area contributed by atoms with Crippen molar-refractivity contribution in [3.8, 4) is 5.75 Å². The normalized spacial score (nSPS) is 12.0. The second-order valence-corrected chi connectivity index (χ2v) is 5.00. The predicted molar refractivity (Wildman–Crippen MR) is 84.6 cm³/mol. The molecule has 0 aliphatic heterocycles. The summed E-state index contributed by atoms with van der Waals surface area (Å²) in [5.74, 6) is 0.998. The fourth-order valence-corrected chi connectivity index (χ4v) is 1.93. The Morgan fingerprint density at radius 1 is 1.27 bits per heavy atom. The van der Waals surface area contributed by atoms with Crippen LogP contribution in [0.2, 0.25) is 0 Å². The van der Waals surface area contributed by atoms with Gasteiger partial charge >= 0.3 is 0 Å². The van der Waals surface area contributed by atoms with Crippen LogP contribution in [0.25, 0.3) is 0 Å². The van der Waals surface area contributed by atoms with Crippen molar-refractivity contribution in [2.45, 2.75) is 19.5 Å². The van der Waals surface area contributed by atoms with E-state index in [-0.39, 0.29) is 11.9 Å². The lowest BCUT2D eigenvalue weighted by Gasteiger charge is -2.23. The third-order valence-electron chi connectivity index (χ3n) is 3.43. The maximum absolute atomic E-state index is 12.2. The van der Waals surface area contributed by atoms with Gasteiger partial charge in [0.05, 0.1) is 13.2 Å². The first-order chi connectivity index (χ1) is 10.6. The molecule has 0 fully saturated rings. The summed E-state index contributed by atoms with van der Waals surface area (Å²) in [4.78, 5) is 22.1. The molecular weight excluding hydrogens is 280 g/mol. The Kier molecular flexibility index (Phi) is 5.43. The van der Waals surface area contributed by atoms with Crippen LogP contribution >= 0.6 is 0 Å². The highest BCUT2D eigenvalue weighted by molar-refractivity contribution is 5.92. The molecule has 0 spiro atoms. The van der Waals surface area contributed by atoms with E-state index in [1.165, 1.54) is 0 Å². The van der Waals surface area contributed by atoms with Gasteiger partial charge in [-0.3, -0.25) is 15.0 Å². The predicted octanol–water partition coefficient (Wildman–Crippen LogP) is 1.94. The molecule has 1 heterocycles. The highest BCUT2D eigenvalue weighted by Crippen LogP contribution is 2.13. The highest BCUT2D eigenvalue weighted by atomic mass is 16.5. The van der Waals surface area contributed by atoms with E-state index in [9.17, 15) is 4.79 Å².